The molecule has 94 heavy (non-hydrogen) atoms. The summed E-state index contributed by atoms with van der Waals surface area (Å²) in [4.78, 5) is 72.7. The first kappa shape index (κ1) is 92.1. The molecule has 0 aliphatic heterocycles. The highest BCUT2D eigenvalue weighted by Gasteiger charge is 2.30. The maximum Gasteiger partial charge on any atom is 0.472 e. The number of hydrogen-bond acceptors (Lipinski definition) is 15. The highest BCUT2D eigenvalue weighted by Crippen LogP contribution is 2.45. The lowest BCUT2D eigenvalue weighted by Crippen LogP contribution is -2.30. The number of phosphoric ester groups is 2. The number of aliphatic hydroxyl groups excluding tert-OH is 1. The van der Waals surface area contributed by atoms with Gasteiger partial charge in [0.15, 0.2) is 12.2 Å². The molecule has 0 bridgehead atoms. The largest absolute Gasteiger partial charge is 0.472 e. The molecule has 0 aliphatic rings. The molecular weight excluding hydrogens is 1230 g/mol. The van der Waals surface area contributed by atoms with E-state index in [1.165, 1.54) is 173 Å². The quantitative estimate of drug-likeness (QED) is 0.0222. The van der Waals surface area contributed by atoms with Crippen molar-refractivity contribution in [1.29, 1.82) is 0 Å². The van der Waals surface area contributed by atoms with Crippen molar-refractivity contribution in [2.45, 2.75) is 395 Å². The van der Waals surface area contributed by atoms with Crippen LogP contribution >= 0.6 is 15.6 Å². The third kappa shape index (κ3) is 68.6. The Bertz CT molecular complexity index is 1850. The topological polar surface area (TPSA) is 237 Å². The molecule has 0 heterocycles. The number of unbranched alkanes of at least 4 members (excludes halogenated alkanes) is 38. The Kier molecular flexibility index (Phi) is 63.1. The van der Waals surface area contributed by atoms with E-state index >= 15 is 0 Å². The van der Waals surface area contributed by atoms with Crippen LogP contribution in [0.2, 0.25) is 0 Å². The number of phosphoric acid groups is 2. The fraction of sp³-hybridized carbons (Fsp3) is 0.947. The van der Waals surface area contributed by atoms with E-state index in [-0.39, 0.29) is 25.7 Å². The van der Waals surface area contributed by atoms with Gasteiger partial charge in [-0.3, -0.25) is 37.3 Å². The first-order valence-electron chi connectivity index (χ1n) is 38.7. The van der Waals surface area contributed by atoms with Gasteiger partial charge >= 0.3 is 39.5 Å². The van der Waals surface area contributed by atoms with Crippen LogP contribution in [0, 0.1) is 23.7 Å². The molecule has 5 atom stereocenters. The summed E-state index contributed by atoms with van der Waals surface area (Å²) >= 11 is 0. The molecule has 0 spiro atoms. The van der Waals surface area contributed by atoms with Crippen molar-refractivity contribution < 1.29 is 80.2 Å². The molecule has 19 heteroatoms. The van der Waals surface area contributed by atoms with Crippen molar-refractivity contribution in [1.82, 2.24) is 0 Å². The van der Waals surface area contributed by atoms with Crippen LogP contribution in [0.5, 0.6) is 0 Å². The first-order valence-corrected chi connectivity index (χ1v) is 41.7. The molecule has 558 valence electrons. The molecule has 0 amide bonds. The van der Waals surface area contributed by atoms with Crippen molar-refractivity contribution in [3.8, 4) is 0 Å². The summed E-state index contributed by atoms with van der Waals surface area (Å²) in [5.74, 6) is 0.848. The monoisotopic (exact) mass is 1380 g/mol. The van der Waals surface area contributed by atoms with Gasteiger partial charge in [-0.15, -0.1) is 0 Å². The Hall–Kier alpha value is -1.94. The van der Waals surface area contributed by atoms with E-state index in [0.29, 0.717) is 37.5 Å². The normalized spacial score (nSPS) is 14.2. The molecule has 0 fully saturated rings. The second-order valence-electron chi connectivity index (χ2n) is 28.9. The number of carbonyl (C=O) groups is 4. The number of esters is 4. The fourth-order valence-corrected chi connectivity index (χ4v) is 13.0. The molecule has 0 aromatic rings. The van der Waals surface area contributed by atoms with Crippen LogP contribution in [0.1, 0.15) is 376 Å². The Morgan fingerprint density at radius 3 is 0.660 bits per heavy atom. The van der Waals surface area contributed by atoms with E-state index in [1.807, 2.05) is 0 Å². The van der Waals surface area contributed by atoms with Gasteiger partial charge in [0.05, 0.1) is 26.4 Å². The summed E-state index contributed by atoms with van der Waals surface area (Å²) in [6, 6.07) is 0. The minimum atomic E-state index is -4.95. The molecule has 3 N–H and O–H groups in total. The molecule has 0 saturated heterocycles. The van der Waals surface area contributed by atoms with Gasteiger partial charge in [-0.05, 0) is 49.4 Å². The van der Waals surface area contributed by atoms with E-state index in [1.54, 1.807) is 0 Å². The smallest absolute Gasteiger partial charge is 0.462 e. The number of aliphatic hydroxyl groups is 1. The van der Waals surface area contributed by atoms with Crippen LogP contribution in [0.25, 0.3) is 0 Å². The Morgan fingerprint density at radius 2 is 0.447 bits per heavy atom. The summed E-state index contributed by atoms with van der Waals surface area (Å²) in [5.41, 5.74) is 0. The lowest BCUT2D eigenvalue weighted by molar-refractivity contribution is -0.161. The highest BCUT2D eigenvalue weighted by atomic mass is 31.2. The average Bonchev–Trinajstić information content (AvgIpc) is 2.17. The summed E-state index contributed by atoms with van der Waals surface area (Å²) < 4.78 is 68.4. The van der Waals surface area contributed by atoms with Gasteiger partial charge in [0.1, 0.15) is 19.3 Å². The number of carbonyl (C=O) groups excluding carboxylic acids is 4. The van der Waals surface area contributed by atoms with Gasteiger partial charge in [-0.1, -0.05) is 325 Å². The Labute approximate surface area is 575 Å². The van der Waals surface area contributed by atoms with E-state index in [2.05, 4.69) is 55.4 Å². The predicted octanol–water partition coefficient (Wildman–Crippen LogP) is 21.7. The fourth-order valence-electron chi connectivity index (χ4n) is 11.4. The molecule has 17 nitrogen and oxygen atoms in total. The average molecular weight is 1380 g/mol. The zero-order valence-corrected chi connectivity index (χ0v) is 63.4. The maximum atomic E-state index is 13.0. The molecule has 0 aromatic carbocycles. The minimum absolute atomic E-state index is 0.103. The van der Waals surface area contributed by atoms with E-state index in [0.717, 1.165) is 108 Å². The summed E-state index contributed by atoms with van der Waals surface area (Å²) in [7, 11) is -9.91. The second kappa shape index (κ2) is 64.4. The molecular formula is C75H146O17P2. The molecule has 2 unspecified atom stereocenters. The Morgan fingerprint density at radius 1 is 0.266 bits per heavy atom. The van der Waals surface area contributed by atoms with Crippen molar-refractivity contribution in [3.63, 3.8) is 0 Å². The van der Waals surface area contributed by atoms with Gasteiger partial charge in [0.2, 0.25) is 0 Å². The zero-order valence-electron chi connectivity index (χ0n) is 61.6. The Balaban J connectivity index is 5.16. The highest BCUT2D eigenvalue weighted by molar-refractivity contribution is 7.47. The van der Waals surface area contributed by atoms with Crippen LogP contribution in [-0.4, -0.2) is 96.7 Å². The van der Waals surface area contributed by atoms with Crippen molar-refractivity contribution in [3.05, 3.63) is 0 Å². The standard InChI is InChI=1S/C75H146O17P2/c1-65(2)51-43-35-27-22-18-14-11-9-10-12-16-20-24-30-39-47-55-72(77)85-61-70(92-75(80)58-50-42-32-26-29-37-45-53-67(5)6)63-89-93(81,82)87-59-69(76)60-88-94(83,84)90-64-71(62-86-73(78)56-48-40-34-33-38-46-54-68(7)8)91-74(79)57-49-41-31-25-21-17-13-15-19-23-28-36-44-52-66(3)4/h65-71,76H,9-64H2,1-8H3,(H,81,82)(H,83,84)/t69-,70-,71-/m1/s1. The number of hydrogen-bond donors (Lipinski definition) is 3. The van der Waals surface area contributed by atoms with Crippen LogP contribution in [0.4, 0.5) is 0 Å². The van der Waals surface area contributed by atoms with Gasteiger partial charge in [-0.2, -0.15) is 0 Å². The van der Waals surface area contributed by atoms with Gasteiger partial charge < -0.3 is 33.8 Å². The predicted molar refractivity (Wildman–Crippen MR) is 381 cm³/mol. The second-order valence-corrected chi connectivity index (χ2v) is 31.9. The van der Waals surface area contributed by atoms with E-state index in [9.17, 15) is 43.2 Å². The SMILES string of the molecule is CC(C)CCCCCCCCCCCCCCCCCCC(=O)OC[C@H](COP(=O)(O)OC[C@@H](O)COP(=O)(O)OC[C@@H](COC(=O)CCCCCCCCC(C)C)OC(=O)CCCCCCCCCCCCCCCC(C)C)OC(=O)CCCCCCCCCC(C)C. The van der Waals surface area contributed by atoms with Crippen molar-refractivity contribution in [2.75, 3.05) is 39.6 Å². The van der Waals surface area contributed by atoms with Crippen LogP contribution in [0.3, 0.4) is 0 Å². The third-order valence-electron chi connectivity index (χ3n) is 17.3. The lowest BCUT2D eigenvalue weighted by Gasteiger charge is -2.21. The van der Waals surface area contributed by atoms with Crippen LogP contribution < -0.4 is 0 Å². The molecule has 0 radical (unpaired) electrons. The summed E-state index contributed by atoms with van der Waals surface area (Å²) in [5, 5.41) is 10.6. The third-order valence-corrected chi connectivity index (χ3v) is 19.2. The molecule has 0 saturated carbocycles. The van der Waals surface area contributed by atoms with Crippen molar-refractivity contribution in [2.24, 2.45) is 23.7 Å². The zero-order chi connectivity index (χ0) is 69.6. The van der Waals surface area contributed by atoms with Crippen LogP contribution in [-0.2, 0) is 65.4 Å². The van der Waals surface area contributed by atoms with Gasteiger partial charge in [0.25, 0.3) is 0 Å². The van der Waals surface area contributed by atoms with E-state index in [4.69, 9.17) is 37.0 Å². The first-order chi connectivity index (χ1) is 45.1. The summed E-state index contributed by atoms with van der Waals surface area (Å²) in [6.07, 6.45) is 48.9. The van der Waals surface area contributed by atoms with Gasteiger partial charge in [0, 0.05) is 25.7 Å². The van der Waals surface area contributed by atoms with Crippen molar-refractivity contribution >= 4 is 39.5 Å². The molecule has 0 aromatic heterocycles. The van der Waals surface area contributed by atoms with Crippen LogP contribution in [0.15, 0.2) is 0 Å². The van der Waals surface area contributed by atoms with E-state index < -0.39 is 97.5 Å². The maximum absolute atomic E-state index is 13.0. The molecule has 0 rings (SSSR count). The lowest BCUT2D eigenvalue weighted by atomic mass is 10.0. The number of rotatable bonds is 72. The summed E-state index contributed by atoms with van der Waals surface area (Å²) in [6.45, 7) is 14.1. The van der Waals surface area contributed by atoms with Gasteiger partial charge in [-0.25, -0.2) is 9.13 Å². The number of ether oxygens (including phenoxy) is 4. The minimum Gasteiger partial charge on any atom is -0.462 e. The molecule has 0 aliphatic carbocycles.